The number of amides is 1. The van der Waals surface area contributed by atoms with Gasteiger partial charge in [0.1, 0.15) is 9.71 Å². The average Bonchev–Trinajstić information content (AvgIpc) is 3.09. The second-order valence-corrected chi connectivity index (χ2v) is 7.85. The van der Waals surface area contributed by atoms with Gasteiger partial charge in [0.15, 0.2) is 5.13 Å². The number of hydrogen-bond acceptors (Lipinski definition) is 6. The molecular weight excluding hydrogens is 340 g/mol. The van der Waals surface area contributed by atoms with Gasteiger partial charge in [0, 0.05) is 21.8 Å². The van der Waals surface area contributed by atoms with Gasteiger partial charge in [-0.2, -0.15) is 0 Å². The predicted molar refractivity (Wildman–Crippen MR) is 101 cm³/mol. The van der Waals surface area contributed by atoms with Gasteiger partial charge in [0.05, 0.1) is 11.2 Å². The van der Waals surface area contributed by atoms with E-state index in [1.54, 1.807) is 6.20 Å². The van der Waals surface area contributed by atoms with Gasteiger partial charge in [-0.3, -0.25) is 10.1 Å². The molecule has 0 radical (unpaired) electrons. The molecule has 5 nitrogen and oxygen atoms in total. The fraction of sp³-hybridized carbons (Fsp3) is 0.118. The van der Waals surface area contributed by atoms with Gasteiger partial charge in [-0.25, -0.2) is 9.97 Å². The lowest BCUT2D eigenvalue weighted by molar-refractivity contribution is 0.103. The summed E-state index contributed by atoms with van der Waals surface area (Å²) in [7, 11) is 0. The first-order valence-corrected chi connectivity index (χ1v) is 8.98. The zero-order valence-electron chi connectivity index (χ0n) is 13.1. The molecule has 3 N–H and O–H groups in total. The Morgan fingerprint density at radius 1 is 1.21 bits per heavy atom. The largest absolute Gasteiger partial charge is 0.397 e. The maximum absolute atomic E-state index is 12.5. The van der Waals surface area contributed by atoms with Crippen LogP contribution in [0.4, 0.5) is 10.8 Å². The van der Waals surface area contributed by atoms with Gasteiger partial charge in [-0.1, -0.05) is 12.1 Å². The van der Waals surface area contributed by atoms with Crippen molar-refractivity contribution >= 4 is 60.5 Å². The van der Waals surface area contributed by atoms with Crippen LogP contribution in [-0.2, 0) is 0 Å². The summed E-state index contributed by atoms with van der Waals surface area (Å²) in [5.74, 6) is -0.245. The minimum absolute atomic E-state index is 0.245. The molecule has 0 bridgehead atoms. The highest BCUT2D eigenvalue weighted by atomic mass is 32.1. The number of thiophene rings is 1. The molecule has 1 aromatic carbocycles. The van der Waals surface area contributed by atoms with E-state index in [4.69, 9.17) is 5.73 Å². The Bertz CT molecular complexity index is 1100. The van der Waals surface area contributed by atoms with Crippen LogP contribution < -0.4 is 11.1 Å². The minimum Gasteiger partial charge on any atom is -0.397 e. The highest BCUT2D eigenvalue weighted by Crippen LogP contribution is 2.35. The van der Waals surface area contributed by atoms with Crippen molar-refractivity contribution in [3.63, 3.8) is 0 Å². The third-order valence-electron chi connectivity index (χ3n) is 3.72. The number of carbonyl (C=O) groups is 1. The molecule has 4 rings (SSSR count). The highest BCUT2D eigenvalue weighted by molar-refractivity contribution is 7.21. The second kappa shape index (κ2) is 5.54. The Morgan fingerprint density at radius 2 is 2.04 bits per heavy atom. The molecule has 1 amide bonds. The van der Waals surface area contributed by atoms with Gasteiger partial charge in [-0.15, -0.1) is 22.7 Å². The number of nitrogens with zero attached hydrogens (tertiary/aromatic N) is 2. The van der Waals surface area contributed by atoms with Crippen LogP contribution in [0.25, 0.3) is 21.1 Å². The lowest BCUT2D eigenvalue weighted by atomic mass is 10.1. The Labute approximate surface area is 146 Å². The number of pyridine rings is 1. The van der Waals surface area contributed by atoms with E-state index in [9.17, 15) is 4.79 Å². The molecule has 0 aliphatic rings. The van der Waals surface area contributed by atoms with Crippen molar-refractivity contribution in [2.45, 2.75) is 13.8 Å². The number of thiazole rings is 1. The van der Waals surface area contributed by atoms with E-state index in [0.29, 0.717) is 15.7 Å². The van der Waals surface area contributed by atoms with Gasteiger partial charge in [0.25, 0.3) is 5.91 Å². The number of carbonyl (C=O) groups excluding carboxylic acids is 1. The first kappa shape index (κ1) is 15.0. The first-order valence-electron chi connectivity index (χ1n) is 7.34. The standard InChI is InChI=1S/C17H14N4OS2/c1-8-3-4-10-6-11-13(18)14(24-16(11)20-12(10)5-8)15(22)21-17-19-7-9(2)23-17/h3-7H,18H2,1-2H3,(H,19,21,22). The molecule has 0 aliphatic carbocycles. The van der Waals surface area contributed by atoms with Crippen LogP contribution in [0.2, 0.25) is 0 Å². The third kappa shape index (κ3) is 2.51. The summed E-state index contributed by atoms with van der Waals surface area (Å²) < 4.78 is 0. The molecule has 0 saturated carbocycles. The van der Waals surface area contributed by atoms with Crippen LogP contribution in [0, 0.1) is 13.8 Å². The van der Waals surface area contributed by atoms with Crippen LogP contribution in [0.3, 0.4) is 0 Å². The van der Waals surface area contributed by atoms with Crippen LogP contribution in [-0.4, -0.2) is 15.9 Å². The SMILES string of the molecule is Cc1ccc2cc3c(N)c(C(=O)Nc4ncc(C)s4)sc3nc2c1. The van der Waals surface area contributed by atoms with E-state index in [2.05, 4.69) is 15.3 Å². The third-order valence-corrected chi connectivity index (χ3v) is 5.66. The maximum Gasteiger partial charge on any atom is 0.269 e. The fourth-order valence-electron chi connectivity index (χ4n) is 2.54. The number of fused-ring (bicyclic) bond motifs is 2. The summed E-state index contributed by atoms with van der Waals surface area (Å²) >= 11 is 2.74. The zero-order valence-corrected chi connectivity index (χ0v) is 14.7. The molecule has 0 unspecified atom stereocenters. The first-order chi connectivity index (χ1) is 11.5. The Morgan fingerprint density at radius 3 is 2.79 bits per heavy atom. The summed E-state index contributed by atoms with van der Waals surface area (Å²) in [5, 5.41) is 5.21. The van der Waals surface area contributed by atoms with Crippen molar-refractivity contribution in [1.82, 2.24) is 9.97 Å². The highest BCUT2D eigenvalue weighted by Gasteiger charge is 2.19. The monoisotopic (exact) mass is 354 g/mol. The second-order valence-electron chi connectivity index (χ2n) is 5.61. The molecule has 24 heavy (non-hydrogen) atoms. The van der Waals surface area contributed by atoms with E-state index in [-0.39, 0.29) is 5.91 Å². The summed E-state index contributed by atoms with van der Waals surface area (Å²) in [6.07, 6.45) is 1.73. The Balaban J connectivity index is 1.79. The van der Waals surface area contributed by atoms with E-state index in [1.807, 2.05) is 38.1 Å². The van der Waals surface area contributed by atoms with Crippen molar-refractivity contribution in [1.29, 1.82) is 0 Å². The molecule has 3 aromatic heterocycles. The van der Waals surface area contributed by atoms with Crippen molar-refractivity contribution in [3.05, 3.63) is 45.8 Å². The summed E-state index contributed by atoms with van der Waals surface area (Å²) in [4.78, 5) is 23.6. The number of nitrogens with one attached hydrogen (secondary N) is 1. The quantitative estimate of drug-likeness (QED) is 0.560. The number of rotatable bonds is 2. The van der Waals surface area contributed by atoms with Crippen LogP contribution in [0.15, 0.2) is 30.5 Å². The van der Waals surface area contributed by atoms with Crippen molar-refractivity contribution in [2.24, 2.45) is 0 Å². The van der Waals surface area contributed by atoms with Gasteiger partial charge < -0.3 is 5.73 Å². The average molecular weight is 354 g/mol. The summed E-state index contributed by atoms with van der Waals surface area (Å²) in [6.45, 7) is 3.97. The van der Waals surface area contributed by atoms with E-state index in [1.165, 1.54) is 22.7 Å². The Kier molecular flexibility index (Phi) is 3.47. The number of nitrogens with two attached hydrogens (primary N) is 1. The van der Waals surface area contributed by atoms with Crippen LogP contribution >= 0.6 is 22.7 Å². The van der Waals surface area contributed by atoms with E-state index < -0.39 is 0 Å². The fourth-order valence-corrected chi connectivity index (χ4v) is 4.18. The van der Waals surface area contributed by atoms with E-state index in [0.717, 1.165) is 31.6 Å². The lowest BCUT2D eigenvalue weighted by Crippen LogP contribution is -2.11. The number of benzene rings is 1. The molecule has 0 fully saturated rings. The molecule has 0 spiro atoms. The molecule has 120 valence electrons. The normalized spacial score (nSPS) is 11.2. The van der Waals surface area contributed by atoms with E-state index >= 15 is 0 Å². The number of aryl methyl sites for hydroxylation is 2. The molecule has 3 heterocycles. The molecular formula is C17H14N4OS2. The summed E-state index contributed by atoms with van der Waals surface area (Å²) in [5.41, 5.74) is 8.74. The molecule has 0 aliphatic heterocycles. The van der Waals surface area contributed by atoms with Crippen LogP contribution in [0.1, 0.15) is 20.1 Å². The maximum atomic E-state index is 12.5. The van der Waals surface area contributed by atoms with Crippen molar-refractivity contribution in [3.8, 4) is 0 Å². The van der Waals surface area contributed by atoms with Gasteiger partial charge in [0.2, 0.25) is 0 Å². The number of anilines is 2. The number of nitrogen functional groups attached to an aromatic ring is 1. The minimum atomic E-state index is -0.245. The smallest absolute Gasteiger partial charge is 0.269 e. The van der Waals surface area contributed by atoms with Gasteiger partial charge in [-0.05, 0) is 31.5 Å². The molecule has 4 aromatic rings. The Hall–Kier alpha value is -2.51. The predicted octanol–water partition coefficient (Wildman–Crippen LogP) is 4.36. The molecule has 0 saturated heterocycles. The van der Waals surface area contributed by atoms with Gasteiger partial charge >= 0.3 is 0 Å². The summed E-state index contributed by atoms with van der Waals surface area (Å²) in [6, 6.07) is 8.08. The lowest BCUT2D eigenvalue weighted by Gasteiger charge is -2.00. The van der Waals surface area contributed by atoms with Crippen molar-refractivity contribution in [2.75, 3.05) is 11.1 Å². The number of aromatic nitrogens is 2. The number of hydrogen-bond donors (Lipinski definition) is 2. The topological polar surface area (TPSA) is 80.9 Å². The molecule has 0 atom stereocenters. The van der Waals surface area contributed by atoms with Crippen LogP contribution in [0.5, 0.6) is 0 Å². The molecule has 7 heteroatoms. The zero-order chi connectivity index (χ0) is 16.8. The van der Waals surface area contributed by atoms with Crippen molar-refractivity contribution < 1.29 is 4.79 Å².